The monoisotopic (exact) mass is 225 g/mol. The standard InChI is InChI=1S/C12H23N3O/c1-6-11(13-7-8(2)16)12-9(3)14-15(5)10(12)4/h8,11,13,16H,6-7H2,1-5H3/t8-,11?/m0/s1. The molecule has 4 nitrogen and oxygen atoms in total. The number of aromatic nitrogens is 2. The number of hydrogen-bond donors (Lipinski definition) is 2. The van der Waals surface area contributed by atoms with Gasteiger partial charge < -0.3 is 10.4 Å². The van der Waals surface area contributed by atoms with Crippen LogP contribution in [0, 0.1) is 13.8 Å². The van der Waals surface area contributed by atoms with Crippen molar-refractivity contribution in [2.45, 2.75) is 46.3 Å². The molecule has 0 saturated heterocycles. The highest BCUT2D eigenvalue weighted by molar-refractivity contribution is 5.28. The van der Waals surface area contributed by atoms with Crippen molar-refractivity contribution in [3.63, 3.8) is 0 Å². The Morgan fingerprint density at radius 3 is 2.44 bits per heavy atom. The highest BCUT2D eigenvalue weighted by Crippen LogP contribution is 2.23. The Hall–Kier alpha value is -0.870. The van der Waals surface area contributed by atoms with Gasteiger partial charge in [-0.1, -0.05) is 6.92 Å². The lowest BCUT2D eigenvalue weighted by Crippen LogP contribution is -2.29. The molecule has 1 rings (SSSR count). The molecule has 0 radical (unpaired) electrons. The van der Waals surface area contributed by atoms with Crippen molar-refractivity contribution >= 4 is 0 Å². The van der Waals surface area contributed by atoms with E-state index in [1.807, 2.05) is 18.7 Å². The van der Waals surface area contributed by atoms with Gasteiger partial charge in [0.15, 0.2) is 0 Å². The highest BCUT2D eigenvalue weighted by atomic mass is 16.3. The van der Waals surface area contributed by atoms with Crippen LogP contribution >= 0.6 is 0 Å². The Balaban J connectivity index is 2.86. The van der Waals surface area contributed by atoms with Crippen LogP contribution in [0.3, 0.4) is 0 Å². The SMILES string of the molecule is CCC(NC[C@H](C)O)c1c(C)nn(C)c1C. The van der Waals surface area contributed by atoms with Gasteiger partial charge in [0.1, 0.15) is 0 Å². The Morgan fingerprint density at radius 1 is 1.44 bits per heavy atom. The summed E-state index contributed by atoms with van der Waals surface area (Å²) in [5, 5.41) is 17.1. The molecular weight excluding hydrogens is 202 g/mol. The molecule has 0 bridgehead atoms. The number of aliphatic hydroxyl groups is 1. The second-order valence-electron chi connectivity index (χ2n) is 4.43. The first kappa shape index (κ1) is 13.2. The van der Waals surface area contributed by atoms with Gasteiger partial charge >= 0.3 is 0 Å². The van der Waals surface area contributed by atoms with Gasteiger partial charge in [-0.05, 0) is 27.2 Å². The third-order valence-electron chi connectivity index (χ3n) is 2.98. The fourth-order valence-corrected chi connectivity index (χ4v) is 2.06. The van der Waals surface area contributed by atoms with Gasteiger partial charge in [-0.25, -0.2) is 0 Å². The fourth-order valence-electron chi connectivity index (χ4n) is 2.06. The van der Waals surface area contributed by atoms with Gasteiger partial charge in [-0.15, -0.1) is 0 Å². The molecule has 0 aromatic carbocycles. The summed E-state index contributed by atoms with van der Waals surface area (Å²) in [7, 11) is 1.97. The average Bonchev–Trinajstić information content (AvgIpc) is 2.45. The molecule has 0 aliphatic heterocycles. The topological polar surface area (TPSA) is 50.1 Å². The van der Waals surface area contributed by atoms with E-state index in [0.717, 1.165) is 12.1 Å². The molecule has 1 unspecified atom stereocenters. The van der Waals surface area contributed by atoms with Crippen LogP contribution in [-0.4, -0.2) is 27.5 Å². The minimum absolute atomic E-state index is 0.281. The van der Waals surface area contributed by atoms with Crippen LogP contribution in [0.5, 0.6) is 0 Å². The summed E-state index contributed by atoms with van der Waals surface area (Å²) in [4.78, 5) is 0. The number of aliphatic hydroxyl groups excluding tert-OH is 1. The van der Waals surface area contributed by atoms with E-state index in [4.69, 9.17) is 0 Å². The number of nitrogens with one attached hydrogen (secondary N) is 1. The van der Waals surface area contributed by atoms with Crippen molar-refractivity contribution in [3.05, 3.63) is 17.0 Å². The van der Waals surface area contributed by atoms with Crippen LogP contribution in [0.15, 0.2) is 0 Å². The molecule has 1 aromatic rings. The van der Waals surface area contributed by atoms with Crippen molar-refractivity contribution in [1.82, 2.24) is 15.1 Å². The van der Waals surface area contributed by atoms with Gasteiger partial charge in [0.25, 0.3) is 0 Å². The van der Waals surface area contributed by atoms with E-state index < -0.39 is 0 Å². The second kappa shape index (κ2) is 5.46. The molecule has 92 valence electrons. The van der Waals surface area contributed by atoms with E-state index >= 15 is 0 Å². The molecule has 0 spiro atoms. The molecule has 1 aromatic heterocycles. The van der Waals surface area contributed by atoms with Crippen molar-refractivity contribution < 1.29 is 5.11 Å². The van der Waals surface area contributed by atoms with Crippen molar-refractivity contribution in [1.29, 1.82) is 0 Å². The van der Waals surface area contributed by atoms with E-state index in [1.54, 1.807) is 6.92 Å². The number of aryl methyl sites for hydroxylation is 2. The molecular formula is C12H23N3O. The third-order valence-corrected chi connectivity index (χ3v) is 2.98. The maximum absolute atomic E-state index is 9.30. The summed E-state index contributed by atoms with van der Waals surface area (Å²) in [5.74, 6) is 0. The fraction of sp³-hybridized carbons (Fsp3) is 0.750. The smallest absolute Gasteiger partial charge is 0.0644 e. The number of nitrogens with zero attached hydrogens (tertiary/aromatic N) is 2. The van der Waals surface area contributed by atoms with Gasteiger partial charge in [-0.2, -0.15) is 5.10 Å². The molecule has 0 aliphatic carbocycles. The predicted octanol–water partition coefficient (Wildman–Crippen LogP) is 1.46. The summed E-state index contributed by atoms with van der Waals surface area (Å²) in [6.45, 7) is 8.68. The van der Waals surface area contributed by atoms with Crippen LogP contribution < -0.4 is 5.32 Å². The summed E-state index contributed by atoms with van der Waals surface area (Å²) in [6.07, 6.45) is 0.687. The maximum Gasteiger partial charge on any atom is 0.0644 e. The minimum atomic E-state index is -0.314. The van der Waals surface area contributed by atoms with Gasteiger partial charge in [0.05, 0.1) is 11.8 Å². The first-order valence-corrected chi connectivity index (χ1v) is 5.88. The lowest BCUT2D eigenvalue weighted by molar-refractivity contribution is 0.185. The molecule has 0 saturated carbocycles. The summed E-state index contributed by atoms with van der Waals surface area (Å²) in [6, 6.07) is 0.281. The average molecular weight is 225 g/mol. The Morgan fingerprint density at radius 2 is 2.06 bits per heavy atom. The third kappa shape index (κ3) is 2.83. The summed E-state index contributed by atoms with van der Waals surface area (Å²) in [5.41, 5.74) is 3.54. The zero-order valence-electron chi connectivity index (χ0n) is 10.9. The van der Waals surface area contributed by atoms with E-state index in [0.29, 0.717) is 6.54 Å². The summed E-state index contributed by atoms with van der Waals surface area (Å²) >= 11 is 0. The molecule has 2 N–H and O–H groups in total. The first-order chi connectivity index (χ1) is 7.47. The van der Waals surface area contributed by atoms with Crippen LogP contribution in [-0.2, 0) is 7.05 Å². The number of rotatable bonds is 5. The van der Waals surface area contributed by atoms with Gasteiger partial charge in [0, 0.05) is 30.9 Å². The lowest BCUT2D eigenvalue weighted by Gasteiger charge is -2.18. The minimum Gasteiger partial charge on any atom is -0.392 e. The van der Waals surface area contributed by atoms with Crippen LogP contribution in [0.25, 0.3) is 0 Å². The molecule has 16 heavy (non-hydrogen) atoms. The van der Waals surface area contributed by atoms with E-state index in [9.17, 15) is 5.11 Å². The molecule has 0 aliphatic rings. The lowest BCUT2D eigenvalue weighted by atomic mass is 10.0. The van der Waals surface area contributed by atoms with E-state index in [2.05, 4.69) is 24.3 Å². The largest absolute Gasteiger partial charge is 0.392 e. The van der Waals surface area contributed by atoms with Crippen LogP contribution in [0.2, 0.25) is 0 Å². The van der Waals surface area contributed by atoms with Crippen molar-refractivity contribution in [3.8, 4) is 0 Å². The molecule has 4 heteroatoms. The Bertz CT molecular complexity index is 344. The zero-order valence-corrected chi connectivity index (χ0v) is 10.9. The van der Waals surface area contributed by atoms with E-state index in [-0.39, 0.29) is 12.1 Å². The predicted molar refractivity (Wildman–Crippen MR) is 65.4 cm³/mol. The second-order valence-corrected chi connectivity index (χ2v) is 4.43. The highest BCUT2D eigenvalue weighted by Gasteiger charge is 2.18. The van der Waals surface area contributed by atoms with Crippen molar-refractivity contribution in [2.24, 2.45) is 7.05 Å². The quantitative estimate of drug-likeness (QED) is 0.797. The molecule has 1 heterocycles. The Kier molecular flexibility index (Phi) is 4.50. The van der Waals surface area contributed by atoms with E-state index in [1.165, 1.54) is 11.3 Å². The normalized spacial score (nSPS) is 15.1. The maximum atomic E-state index is 9.30. The summed E-state index contributed by atoms with van der Waals surface area (Å²) < 4.78 is 1.91. The van der Waals surface area contributed by atoms with Crippen LogP contribution in [0.1, 0.15) is 43.3 Å². The van der Waals surface area contributed by atoms with Gasteiger partial charge in [0.2, 0.25) is 0 Å². The molecule has 2 atom stereocenters. The molecule has 0 amide bonds. The van der Waals surface area contributed by atoms with Gasteiger partial charge in [-0.3, -0.25) is 4.68 Å². The Labute approximate surface area is 97.7 Å². The van der Waals surface area contributed by atoms with Crippen LogP contribution in [0.4, 0.5) is 0 Å². The molecule has 0 fully saturated rings. The first-order valence-electron chi connectivity index (χ1n) is 5.88. The van der Waals surface area contributed by atoms with Crippen molar-refractivity contribution in [2.75, 3.05) is 6.54 Å². The zero-order chi connectivity index (χ0) is 12.3. The number of hydrogen-bond acceptors (Lipinski definition) is 3.